The van der Waals surface area contributed by atoms with E-state index in [0.29, 0.717) is 0 Å². The van der Waals surface area contributed by atoms with Gasteiger partial charge in [-0.05, 0) is 50.9 Å². The van der Waals surface area contributed by atoms with Crippen molar-refractivity contribution in [2.45, 2.75) is 47.0 Å². The molecule has 2 aliphatic rings. The number of piperidine rings is 1. The molecule has 0 aromatic heterocycles. The molecule has 2 aliphatic heterocycles. The molecule has 0 atom stereocenters. The van der Waals surface area contributed by atoms with Gasteiger partial charge in [0.25, 0.3) is 0 Å². The molecule has 2 saturated heterocycles. The Morgan fingerprint density at radius 1 is 0.938 bits per heavy atom. The average molecular weight is 226 g/mol. The first-order valence-corrected chi connectivity index (χ1v) is 7.23. The van der Waals surface area contributed by atoms with E-state index in [4.69, 9.17) is 0 Å². The minimum atomic E-state index is 0.736. The molecule has 2 heterocycles. The van der Waals surface area contributed by atoms with E-state index >= 15 is 0 Å². The van der Waals surface area contributed by atoms with Gasteiger partial charge in [0.1, 0.15) is 0 Å². The summed E-state index contributed by atoms with van der Waals surface area (Å²) in [7, 11) is 0. The molecule has 1 spiro atoms. The van der Waals surface area contributed by atoms with E-state index in [1.54, 1.807) is 0 Å². The summed E-state index contributed by atoms with van der Waals surface area (Å²) < 4.78 is 0. The molecular formula is C14H30N2. The van der Waals surface area contributed by atoms with Crippen molar-refractivity contribution in [1.82, 2.24) is 9.80 Å². The number of hydrogen-bond donors (Lipinski definition) is 0. The summed E-state index contributed by atoms with van der Waals surface area (Å²) in [5.41, 5.74) is 0.736. The topological polar surface area (TPSA) is 6.48 Å². The Labute approximate surface area is 102 Å². The molecule has 2 rings (SSSR count). The molecule has 0 aliphatic carbocycles. The molecule has 0 amide bonds. The number of nitrogens with zero attached hydrogens (tertiary/aromatic N) is 2. The van der Waals surface area contributed by atoms with Gasteiger partial charge in [0, 0.05) is 13.1 Å². The van der Waals surface area contributed by atoms with Gasteiger partial charge in [-0.1, -0.05) is 27.7 Å². The second-order valence-electron chi connectivity index (χ2n) is 5.14. The zero-order valence-corrected chi connectivity index (χ0v) is 11.8. The lowest BCUT2D eigenvalue weighted by Crippen LogP contribution is -2.60. The van der Waals surface area contributed by atoms with Gasteiger partial charge in [0.2, 0.25) is 0 Å². The Balaban J connectivity index is 0.000000606. The largest absolute Gasteiger partial charge is 0.303 e. The molecule has 0 unspecified atom stereocenters. The van der Waals surface area contributed by atoms with Gasteiger partial charge in [0.05, 0.1) is 0 Å². The van der Waals surface area contributed by atoms with Crippen LogP contribution in [0.2, 0.25) is 0 Å². The van der Waals surface area contributed by atoms with Gasteiger partial charge in [-0.25, -0.2) is 0 Å². The van der Waals surface area contributed by atoms with Crippen LogP contribution in [-0.2, 0) is 0 Å². The third kappa shape index (κ3) is 3.21. The second kappa shape index (κ2) is 6.61. The molecule has 16 heavy (non-hydrogen) atoms. The van der Waals surface area contributed by atoms with Crippen molar-refractivity contribution >= 4 is 0 Å². The fraction of sp³-hybridized carbons (Fsp3) is 1.00. The highest BCUT2D eigenvalue weighted by atomic mass is 15.2. The van der Waals surface area contributed by atoms with Crippen LogP contribution < -0.4 is 0 Å². The van der Waals surface area contributed by atoms with Crippen LogP contribution in [0.5, 0.6) is 0 Å². The molecule has 0 bridgehead atoms. The zero-order valence-electron chi connectivity index (χ0n) is 11.8. The highest BCUT2D eigenvalue weighted by Gasteiger charge is 2.43. The van der Waals surface area contributed by atoms with Crippen LogP contribution in [0.4, 0.5) is 0 Å². The molecular weight excluding hydrogens is 196 g/mol. The van der Waals surface area contributed by atoms with E-state index in [1.807, 2.05) is 13.8 Å². The van der Waals surface area contributed by atoms with Crippen molar-refractivity contribution < 1.29 is 0 Å². The van der Waals surface area contributed by atoms with Crippen molar-refractivity contribution in [3.8, 4) is 0 Å². The lowest BCUT2D eigenvalue weighted by Gasteiger charge is -2.54. The van der Waals surface area contributed by atoms with E-state index in [0.717, 1.165) is 5.41 Å². The molecule has 96 valence electrons. The third-order valence-corrected chi connectivity index (χ3v) is 4.02. The Hall–Kier alpha value is -0.0800. The summed E-state index contributed by atoms with van der Waals surface area (Å²) in [6, 6.07) is 0. The molecule has 2 fully saturated rings. The molecule has 0 radical (unpaired) electrons. The van der Waals surface area contributed by atoms with Crippen molar-refractivity contribution in [3.63, 3.8) is 0 Å². The first-order chi connectivity index (χ1) is 7.78. The zero-order chi connectivity index (χ0) is 12.0. The van der Waals surface area contributed by atoms with Crippen LogP contribution in [0, 0.1) is 5.41 Å². The van der Waals surface area contributed by atoms with Crippen LogP contribution in [0.15, 0.2) is 0 Å². The first kappa shape index (κ1) is 14.0. The second-order valence-corrected chi connectivity index (χ2v) is 5.14. The van der Waals surface area contributed by atoms with Gasteiger partial charge >= 0.3 is 0 Å². The van der Waals surface area contributed by atoms with Crippen molar-refractivity contribution in [2.24, 2.45) is 5.41 Å². The fourth-order valence-electron chi connectivity index (χ4n) is 3.01. The van der Waals surface area contributed by atoms with E-state index < -0.39 is 0 Å². The van der Waals surface area contributed by atoms with Crippen molar-refractivity contribution in [2.75, 3.05) is 39.3 Å². The summed E-state index contributed by atoms with van der Waals surface area (Å²) in [5, 5.41) is 0. The van der Waals surface area contributed by atoms with Gasteiger partial charge in [-0.3, -0.25) is 0 Å². The lowest BCUT2D eigenvalue weighted by molar-refractivity contribution is -0.0432. The normalized spacial score (nSPS) is 24.8. The Bertz CT molecular complexity index is 175. The Morgan fingerprint density at radius 3 is 1.94 bits per heavy atom. The average Bonchev–Trinajstić information content (AvgIpc) is 2.30. The first-order valence-electron chi connectivity index (χ1n) is 7.23. The van der Waals surface area contributed by atoms with Crippen LogP contribution in [0.25, 0.3) is 0 Å². The van der Waals surface area contributed by atoms with E-state index in [9.17, 15) is 0 Å². The molecule has 0 aromatic carbocycles. The quantitative estimate of drug-likeness (QED) is 0.730. The van der Waals surface area contributed by atoms with E-state index in [-0.39, 0.29) is 0 Å². The van der Waals surface area contributed by atoms with Gasteiger partial charge in [-0.15, -0.1) is 0 Å². The number of hydrogen-bond acceptors (Lipinski definition) is 2. The van der Waals surface area contributed by atoms with Gasteiger partial charge in [-0.2, -0.15) is 0 Å². The monoisotopic (exact) mass is 226 g/mol. The van der Waals surface area contributed by atoms with Crippen LogP contribution in [0.1, 0.15) is 47.0 Å². The fourth-order valence-corrected chi connectivity index (χ4v) is 3.01. The van der Waals surface area contributed by atoms with Crippen LogP contribution in [-0.4, -0.2) is 49.1 Å². The standard InChI is InChI=1S/C12H24N2.C2H6/c1-3-7-14-8-5-12(6-9-14)10-13(4-2)11-12;1-2/h3-11H2,1-2H3;1-2H3. The highest BCUT2D eigenvalue weighted by molar-refractivity contribution is 4.97. The summed E-state index contributed by atoms with van der Waals surface area (Å²) in [6.07, 6.45) is 4.21. The lowest BCUT2D eigenvalue weighted by atomic mass is 9.72. The maximum absolute atomic E-state index is 2.64. The maximum atomic E-state index is 2.64. The summed E-state index contributed by atoms with van der Waals surface area (Å²) in [4.78, 5) is 5.22. The highest BCUT2D eigenvalue weighted by Crippen LogP contribution is 2.39. The van der Waals surface area contributed by atoms with E-state index in [2.05, 4.69) is 23.6 Å². The summed E-state index contributed by atoms with van der Waals surface area (Å²) in [6.45, 7) is 16.6. The molecule has 0 N–H and O–H groups in total. The maximum Gasteiger partial charge on any atom is 0.00513 e. The Morgan fingerprint density at radius 2 is 1.50 bits per heavy atom. The van der Waals surface area contributed by atoms with Gasteiger partial charge in [0.15, 0.2) is 0 Å². The van der Waals surface area contributed by atoms with Crippen LogP contribution in [0.3, 0.4) is 0 Å². The third-order valence-electron chi connectivity index (χ3n) is 4.02. The van der Waals surface area contributed by atoms with E-state index in [1.165, 1.54) is 58.5 Å². The van der Waals surface area contributed by atoms with Crippen molar-refractivity contribution in [3.05, 3.63) is 0 Å². The predicted octanol–water partition coefficient (Wildman–Crippen LogP) is 2.84. The predicted molar refractivity (Wildman–Crippen MR) is 71.9 cm³/mol. The molecule has 0 saturated carbocycles. The Kier molecular flexibility index (Phi) is 5.77. The SMILES string of the molecule is CC.CCCN1CCC2(CC1)CN(CC)C2. The van der Waals surface area contributed by atoms with Crippen LogP contribution >= 0.6 is 0 Å². The summed E-state index contributed by atoms with van der Waals surface area (Å²) >= 11 is 0. The summed E-state index contributed by atoms with van der Waals surface area (Å²) in [5.74, 6) is 0. The molecule has 0 aromatic rings. The minimum Gasteiger partial charge on any atom is -0.303 e. The van der Waals surface area contributed by atoms with Gasteiger partial charge < -0.3 is 9.80 Å². The number of rotatable bonds is 3. The molecule has 2 heteroatoms. The molecule has 2 nitrogen and oxygen atoms in total. The minimum absolute atomic E-state index is 0.736. The smallest absolute Gasteiger partial charge is 0.00513 e. The van der Waals surface area contributed by atoms with Crippen molar-refractivity contribution in [1.29, 1.82) is 0 Å². The number of likely N-dealkylation sites (tertiary alicyclic amines) is 2.